The number of ketones is 2. The summed E-state index contributed by atoms with van der Waals surface area (Å²) >= 11 is 0. The van der Waals surface area contributed by atoms with Gasteiger partial charge in [-0.2, -0.15) is 0 Å². The van der Waals surface area contributed by atoms with Crippen LogP contribution in [-0.4, -0.2) is 47.1 Å². The van der Waals surface area contributed by atoms with Crippen molar-refractivity contribution in [2.45, 2.75) is 50.6 Å². The largest absolute Gasteiger partial charge is 0.396 e. The standard InChI is InChI=1S/C26H34N2O4/c27-21(15-19-9-3-1-4-10-19)23(31)26(14-8-7-13-25(26,17-29)18-30)24(32)22(28)16-20-11-5-2-6-12-20/h1-6,9-12,21-22,29-30H,7-8,13-18,27-28H2. The second kappa shape index (κ2) is 10.5. The van der Waals surface area contributed by atoms with Crippen LogP contribution in [0.15, 0.2) is 60.7 Å². The lowest BCUT2D eigenvalue weighted by Gasteiger charge is -2.51. The zero-order valence-corrected chi connectivity index (χ0v) is 18.5. The van der Waals surface area contributed by atoms with Gasteiger partial charge in [-0.3, -0.25) is 9.59 Å². The molecular formula is C26H34N2O4. The monoisotopic (exact) mass is 438 g/mol. The van der Waals surface area contributed by atoms with E-state index in [-0.39, 0.29) is 19.3 Å². The highest BCUT2D eigenvalue weighted by Gasteiger charge is 2.62. The van der Waals surface area contributed by atoms with E-state index in [0.29, 0.717) is 19.3 Å². The highest BCUT2D eigenvalue weighted by molar-refractivity contribution is 6.12. The Morgan fingerprint density at radius 2 is 1.16 bits per heavy atom. The van der Waals surface area contributed by atoms with Crippen molar-refractivity contribution < 1.29 is 19.8 Å². The molecule has 2 aromatic carbocycles. The average Bonchev–Trinajstić information content (AvgIpc) is 2.84. The Balaban J connectivity index is 1.99. The van der Waals surface area contributed by atoms with E-state index in [0.717, 1.165) is 11.1 Å². The fourth-order valence-corrected chi connectivity index (χ4v) is 5.26. The first-order valence-corrected chi connectivity index (χ1v) is 11.3. The number of carbonyl (C=O) groups is 2. The van der Waals surface area contributed by atoms with E-state index in [1.54, 1.807) is 0 Å². The minimum absolute atomic E-state index is 0.233. The summed E-state index contributed by atoms with van der Waals surface area (Å²) in [6.45, 7) is -0.950. The van der Waals surface area contributed by atoms with Gasteiger partial charge in [-0.15, -0.1) is 0 Å². The molecule has 6 heteroatoms. The Morgan fingerprint density at radius 3 is 1.56 bits per heavy atom. The van der Waals surface area contributed by atoms with Crippen LogP contribution >= 0.6 is 0 Å². The summed E-state index contributed by atoms with van der Waals surface area (Å²) in [7, 11) is 0. The summed E-state index contributed by atoms with van der Waals surface area (Å²) in [6, 6.07) is 16.9. The van der Waals surface area contributed by atoms with Crippen LogP contribution < -0.4 is 11.5 Å². The van der Waals surface area contributed by atoms with Crippen molar-refractivity contribution in [1.82, 2.24) is 0 Å². The van der Waals surface area contributed by atoms with Gasteiger partial charge in [0.1, 0.15) is 5.41 Å². The van der Waals surface area contributed by atoms with E-state index < -0.39 is 47.7 Å². The fourth-order valence-electron chi connectivity index (χ4n) is 5.26. The number of nitrogens with two attached hydrogens (primary N) is 2. The summed E-state index contributed by atoms with van der Waals surface area (Å²) in [5, 5.41) is 20.7. The van der Waals surface area contributed by atoms with Crippen molar-refractivity contribution in [1.29, 1.82) is 0 Å². The average molecular weight is 439 g/mol. The van der Waals surface area contributed by atoms with Crippen molar-refractivity contribution in [3.05, 3.63) is 71.8 Å². The third-order valence-electron chi connectivity index (χ3n) is 7.08. The molecule has 172 valence electrons. The predicted octanol–water partition coefficient (Wildman–Crippen LogP) is 1.80. The first-order chi connectivity index (χ1) is 15.4. The number of hydrogen-bond donors (Lipinski definition) is 4. The molecular weight excluding hydrogens is 404 g/mol. The van der Waals surface area contributed by atoms with E-state index >= 15 is 0 Å². The van der Waals surface area contributed by atoms with Crippen LogP contribution in [0.4, 0.5) is 0 Å². The molecule has 1 aliphatic carbocycles. The Kier molecular flexibility index (Phi) is 7.96. The van der Waals surface area contributed by atoms with E-state index in [2.05, 4.69) is 0 Å². The Morgan fingerprint density at radius 1 is 0.750 bits per heavy atom. The van der Waals surface area contributed by atoms with Crippen LogP contribution in [0.1, 0.15) is 36.8 Å². The van der Waals surface area contributed by atoms with Crippen LogP contribution in [0.25, 0.3) is 0 Å². The third kappa shape index (κ3) is 4.55. The van der Waals surface area contributed by atoms with Gasteiger partial charge in [0.15, 0.2) is 11.6 Å². The van der Waals surface area contributed by atoms with Gasteiger partial charge in [-0.1, -0.05) is 73.5 Å². The molecule has 0 heterocycles. The molecule has 1 fully saturated rings. The molecule has 0 aliphatic heterocycles. The van der Waals surface area contributed by atoms with Gasteiger partial charge in [-0.05, 0) is 36.8 Å². The number of carbonyl (C=O) groups excluding carboxylic acids is 2. The maximum atomic E-state index is 13.9. The Bertz CT molecular complexity index is 837. The number of aliphatic hydroxyl groups is 2. The minimum Gasteiger partial charge on any atom is -0.396 e. The Labute approximate surface area is 189 Å². The summed E-state index contributed by atoms with van der Waals surface area (Å²) in [6.07, 6.45) is 2.50. The van der Waals surface area contributed by atoms with Gasteiger partial charge in [0.25, 0.3) is 0 Å². The summed E-state index contributed by atoms with van der Waals surface area (Å²) in [5.41, 5.74) is 11.6. The van der Waals surface area contributed by atoms with Crippen LogP contribution in [0.2, 0.25) is 0 Å². The predicted molar refractivity (Wildman–Crippen MR) is 124 cm³/mol. The zero-order valence-electron chi connectivity index (χ0n) is 18.5. The maximum Gasteiger partial charge on any atom is 0.164 e. The molecule has 2 atom stereocenters. The molecule has 2 unspecified atom stereocenters. The maximum absolute atomic E-state index is 13.9. The van der Waals surface area contributed by atoms with Crippen LogP contribution in [-0.2, 0) is 22.4 Å². The Hall–Kier alpha value is -2.38. The molecule has 0 amide bonds. The van der Waals surface area contributed by atoms with Crippen molar-refractivity contribution >= 4 is 11.6 Å². The lowest BCUT2D eigenvalue weighted by Crippen LogP contribution is -2.65. The lowest BCUT2D eigenvalue weighted by atomic mass is 9.50. The number of benzene rings is 2. The molecule has 0 aromatic heterocycles. The molecule has 0 spiro atoms. The minimum atomic E-state index is -1.61. The molecule has 3 rings (SSSR count). The third-order valence-corrected chi connectivity index (χ3v) is 7.08. The van der Waals surface area contributed by atoms with Gasteiger partial charge in [0, 0.05) is 5.41 Å². The van der Waals surface area contributed by atoms with Gasteiger partial charge in [-0.25, -0.2) is 0 Å². The molecule has 6 nitrogen and oxygen atoms in total. The normalized spacial score (nSPS) is 22.1. The van der Waals surface area contributed by atoms with Crippen molar-refractivity contribution in [2.24, 2.45) is 22.3 Å². The van der Waals surface area contributed by atoms with E-state index in [9.17, 15) is 19.8 Å². The summed E-state index contributed by atoms with van der Waals surface area (Å²) in [5.74, 6) is -0.865. The molecule has 0 saturated heterocycles. The van der Waals surface area contributed by atoms with Gasteiger partial charge >= 0.3 is 0 Å². The lowest BCUT2D eigenvalue weighted by molar-refractivity contribution is -0.166. The second-order valence-corrected chi connectivity index (χ2v) is 9.03. The number of Topliss-reactive ketones (excluding diaryl/α,β-unsaturated/α-hetero) is 2. The molecule has 0 radical (unpaired) electrons. The highest BCUT2D eigenvalue weighted by Crippen LogP contribution is 2.52. The van der Waals surface area contributed by atoms with Gasteiger partial charge < -0.3 is 21.7 Å². The van der Waals surface area contributed by atoms with Crippen molar-refractivity contribution in [3.63, 3.8) is 0 Å². The van der Waals surface area contributed by atoms with Crippen molar-refractivity contribution in [2.75, 3.05) is 13.2 Å². The van der Waals surface area contributed by atoms with Crippen molar-refractivity contribution in [3.8, 4) is 0 Å². The topological polar surface area (TPSA) is 127 Å². The quantitative estimate of drug-likeness (QED) is 0.419. The fraction of sp³-hybridized carbons (Fsp3) is 0.462. The molecule has 1 saturated carbocycles. The summed E-state index contributed by atoms with van der Waals surface area (Å²) in [4.78, 5) is 27.9. The number of rotatable bonds is 10. The van der Waals surface area contributed by atoms with Gasteiger partial charge in [0.2, 0.25) is 0 Å². The van der Waals surface area contributed by atoms with E-state index in [4.69, 9.17) is 11.5 Å². The summed E-state index contributed by atoms with van der Waals surface area (Å²) < 4.78 is 0. The number of aliphatic hydroxyl groups excluding tert-OH is 2. The molecule has 6 N–H and O–H groups in total. The molecule has 1 aliphatic rings. The molecule has 32 heavy (non-hydrogen) atoms. The zero-order chi connectivity index (χ0) is 23.2. The first kappa shape index (κ1) is 24.3. The first-order valence-electron chi connectivity index (χ1n) is 11.3. The second-order valence-electron chi connectivity index (χ2n) is 9.03. The molecule has 2 aromatic rings. The van der Waals surface area contributed by atoms with Crippen LogP contribution in [0.3, 0.4) is 0 Å². The number of hydrogen-bond acceptors (Lipinski definition) is 6. The smallest absolute Gasteiger partial charge is 0.164 e. The molecule has 0 bridgehead atoms. The van der Waals surface area contributed by atoms with Crippen LogP contribution in [0, 0.1) is 10.8 Å². The van der Waals surface area contributed by atoms with E-state index in [1.165, 1.54) is 0 Å². The van der Waals surface area contributed by atoms with E-state index in [1.807, 2.05) is 60.7 Å². The van der Waals surface area contributed by atoms with Gasteiger partial charge in [0.05, 0.1) is 25.3 Å². The SMILES string of the molecule is NC(Cc1ccccc1)C(=O)C1(C(=O)C(N)Cc2ccccc2)CCCCC1(CO)CO. The highest BCUT2D eigenvalue weighted by atomic mass is 16.3. The van der Waals surface area contributed by atoms with Crippen LogP contribution in [0.5, 0.6) is 0 Å².